The summed E-state index contributed by atoms with van der Waals surface area (Å²) in [5, 5.41) is 0. The smallest absolute Gasteiger partial charge is 0.308 e. The van der Waals surface area contributed by atoms with Gasteiger partial charge in [-0.1, -0.05) is 0 Å². The first-order valence-electron chi connectivity index (χ1n) is 5.40. The van der Waals surface area contributed by atoms with Crippen molar-refractivity contribution in [2.45, 2.75) is 6.92 Å². The van der Waals surface area contributed by atoms with Crippen molar-refractivity contribution >= 4 is 5.97 Å². The summed E-state index contributed by atoms with van der Waals surface area (Å²) in [6.07, 6.45) is 0. The van der Waals surface area contributed by atoms with E-state index in [0.29, 0.717) is 36.2 Å². The van der Waals surface area contributed by atoms with Crippen LogP contribution < -0.4 is 23.7 Å². The van der Waals surface area contributed by atoms with E-state index >= 15 is 0 Å². The van der Waals surface area contributed by atoms with Crippen LogP contribution in [-0.2, 0) is 4.79 Å². The van der Waals surface area contributed by atoms with Gasteiger partial charge in [-0.05, 0) is 0 Å². The summed E-state index contributed by atoms with van der Waals surface area (Å²) < 4.78 is 26.4. The molecule has 0 bridgehead atoms. The zero-order valence-electron chi connectivity index (χ0n) is 10.4. The van der Waals surface area contributed by atoms with Crippen molar-refractivity contribution in [2.24, 2.45) is 0 Å². The molecule has 1 heterocycles. The van der Waals surface area contributed by atoms with E-state index in [1.807, 2.05) is 0 Å². The summed E-state index contributed by atoms with van der Waals surface area (Å²) in [7, 11) is 2.96. The molecule has 0 N–H and O–H groups in total. The van der Waals surface area contributed by atoms with Gasteiger partial charge in [-0.3, -0.25) is 4.79 Å². The molecule has 1 aliphatic heterocycles. The zero-order chi connectivity index (χ0) is 13.1. The Bertz CT molecular complexity index is 468. The average Bonchev–Trinajstić information content (AvgIpc) is 2.37. The molecule has 0 saturated heterocycles. The van der Waals surface area contributed by atoms with Gasteiger partial charge in [-0.15, -0.1) is 0 Å². The normalized spacial score (nSPS) is 12.8. The first kappa shape index (κ1) is 12.3. The molecule has 0 aliphatic carbocycles. The molecule has 0 radical (unpaired) electrons. The molecule has 0 spiro atoms. The van der Waals surface area contributed by atoms with Crippen molar-refractivity contribution in [1.82, 2.24) is 0 Å². The number of esters is 1. The van der Waals surface area contributed by atoms with Gasteiger partial charge >= 0.3 is 5.97 Å². The molecule has 0 saturated carbocycles. The summed E-state index contributed by atoms with van der Waals surface area (Å²) in [5.41, 5.74) is 0. The van der Waals surface area contributed by atoms with E-state index in [0.717, 1.165) is 0 Å². The van der Waals surface area contributed by atoms with Gasteiger partial charge in [0.05, 0.1) is 14.2 Å². The van der Waals surface area contributed by atoms with Crippen LogP contribution in [0.15, 0.2) is 6.07 Å². The van der Waals surface area contributed by atoms with Crippen molar-refractivity contribution in [3.8, 4) is 28.7 Å². The number of hydrogen-bond donors (Lipinski definition) is 0. The molecule has 1 aromatic carbocycles. The predicted molar refractivity (Wildman–Crippen MR) is 61.8 cm³/mol. The Labute approximate surface area is 104 Å². The summed E-state index contributed by atoms with van der Waals surface area (Å²) in [6, 6.07) is 1.54. The predicted octanol–water partition coefficient (Wildman–Crippen LogP) is 1.40. The third-order valence-electron chi connectivity index (χ3n) is 2.38. The van der Waals surface area contributed by atoms with Gasteiger partial charge in [0.1, 0.15) is 13.2 Å². The van der Waals surface area contributed by atoms with Gasteiger partial charge in [0.25, 0.3) is 0 Å². The lowest BCUT2D eigenvalue weighted by molar-refractivity contribution is -0.132. The molecule has 18 heavy (non-hydrogen) atoms. The molecule has 1 aliphatic rings. The van der Waals surface area contributed by atoms with E-state index in [9.17, 15) is 4.79 Å². The highest BCUT2D eigenvalue weighted by molar-refractivity contribution is 5.74. The van der Waals surface area contributed by atoms with Crippen LogP contribution in [0.25, 0.3) is 0 Å². The number of hydrogen-bond acceptors (Lipinski definition) is 6. The Morgan fingerprint density at radius 2 is 1.78 bits per heavy atom. The Kier molecular flexibility index (Phi) is 3.45. The molecule has 1 aromatic rings. The highest BCUT2D eigenvalue weighted by Gasteiger charge is 2.26. The quantitative estimate of drug-likeness (QED) is 0.600. The van der Waals surface area contributed by atoms with Gasteiger partial charge in [0, 0.05) is 13.0 Å². The standard InChI is InChI=1S/C12H14O6/c1-7(13)18-9-6-8(14-2)11-12(10(9)15-3)17-5-4-16-11/h6H,4-5H2,1-3H3. The van der Waals surface area contributed by atoms with Crippen LogP contribution in [0.3, 0.4) is 0 Å². The molecule has 0 atom stereocenters. The van der Waals surface area contributed by atoms with Crippen LogP contribution in [0.2, 0.25) is 0 Å². The van der Waals surface area contributed by atoms with Gasteiger partial charge in [-0.2, -0.15) is 0 Å². The number of ether oxygens (including phenoxy) is 5. The second kappa shape index (κ2) is 5.03. The minimum absolute atomic E-state index is 0.242. The van der Waals surface area contributed by atoms with Crippen LogP contribution in [0.4, 0.5) is 0 Å². The first-order valence-corrected chi connectivity index (χ1v) is 5.40. The lowest BCUT2D eigenvalue weighted by Crippen LogP contribution is -2.17. The molecular weight excluding hydrogens is 240 g/mol. The maximum atomic E-state index is 11.1. The largest absolute Gasteiger partial charge is 0.493 e. The maximum Gasteiger partial charge on any atom is 0.308 e. The van der Waals surface area contributed by atoms with Crippen LogP contribution in [-0.4, -0.2) is 33.4 Å². The van der Waals surface area contributed by atoms with E-state index < -0.39 is 5.97 Å². The molecule has 0 aromatic heterocycles. The molecule has 6 heteroatoms. The minimum Gasteiger partial charge on any atom is -0.493 e. The zero-order valence-corrected chi connectivity index (χ0v) is 10.4. The summed E-state index contributed by atoms with van der Waals surface area (Å²) in [4.78, 5) is 11.1. The third-order valence-corrected chi connectivity index (χ3v) is 2.38. The van der Waals surface area contributed by atoms with Gasteiger partial charge in [-0.25, -0.2) is 0 Å². The summed E-state index contributed by atoms with van der Waals surface area (Å²) in [6.45, 7) is 2.14. The second-order valence-corrected chi connectivity index (χ2v) is 3.56. The summed E-state index contributed by atoms with van der Waals surface area (Å²) >= 11 is 0. The number of benzene rings is 1. The number of fused-ring (bicyclic) bond motifs is 1. The van der Waals surface area contributed by atoms with Crippen LogP contribution >= 0.6 is 0 Å². The van der Waals surface area contributed by atoms with E-state index in [4.69, 9.17) is 23.7 Å². The van der Waals surface area contributed by atoms with Crippen molar-refractivity contribution < 1.29 is 28.5 Å². The molecule has 98 valence electrons. The lowest BCUT2D eigenvalue weighted by atomic mass is 10.2. The molecular formula is C12H14O6. The molecule has 0 amide bonds. The fourth-order valence-electron chi connectivity index (χ4n) is 1.71. The van der Waals surface area contributed by atoms with Crippen LogP contribution in [0, 0.1) is 0 Å². The number of rotatable bonds is 3. The fraction of sp³-hybridized carbons (Fsp3) is 0.417. The average molecular weight is 254 g/mol. The molecule has 6 nitrogen and oxygen atoms in total. The molecule has 0 fully saturated rings. The highest BCUT2D eigenvalue weighted by Crippen LogP contribution is 2.51. The van der Waals surface area contributed by atoms with Crippen molar-refractivity contribution in [3.05, 3.63) is 6.07 Å². The molecule has 2 rings (SSSR count). The van der Waals surface area contributed by atoms with Crippen molar-refractivity contribution in [3.63, 3.8) is 0 Å². The molecule has 0 unspecified atom stereocenters. The van der Waals surface area contributed by atoms with Crippen molar-refractivity contribution in [1.29, 1.82) is 0 Å². The Morgan fingerprint density at radius 1 is 1.11 bits per heavy atom. The number of carbonyl (C=O) groups is 1. The maximum absolute atomic E-state index is 11.1. The van der Waals surface area contributed by atoms with Crippen LogP contribution in [0.1, 0.15) is 6.92 Å². The Hall–Kier alpha value is -2.11. The van der Waals surface area contributed by atoms with E-state index in [1.54, 1.807) is 0 Å². The lowest BCUT2D eigenvalue weighted by Gasteiger charge is -2.23. The van der Waals surface area contributed by atoms with Crippen LogP contribution in [0.5, 0.6) is 28.7 Å². The highest BCUT2D eigenvalue weighted by atomic mass is 16.6. The Morgan fingerprint density at radius 3 is 2.33 bits per heavy atom. The second-order valence-electron chi connectivity index (χ2n) is 3.56. The minimum atomic E-state index is -0.452. The van der Waals surface area contributed by atoms with Crippen molar-refractivity contribution in [2.75, 3.05) is 27.4 Å². The fourth-order valence-corrected chi connectivity index (χ4v) is 1.71. The van der Waals surface area contributed by atoms with E-state index in [2.05, 4.69) is 0 Å². The number of methoxy groups -OCH3 is 2. The first-order chi connectivity index (χ1) is 8.67. The summed E-state index contributed by atoms with van der Waals surface area (Å²) in [5.74, 6) is 1.39. The monoisotopic (exact) mass is 254 g/mol. The van der Waals surface area contributed by atoms with E-state index in [1.165, 1.54) is 27.2 Å². The van der Waals surface area contributed by atoms with Gasteiger partial charge in [0.2, 0.25) is 17.2 Å². The van der Waals surface area contributed by atoms with E-state index in [-0.39, 0.29) is 5.75 Å². The Balaban J connectivity index is 2.56. The SMILES string of the molecule is COc1cc(OC(C)=O)c(OC)c2c1OCCO2. The number of carbonyl (C=O) groups excluding carboxylic acids is 1. The topological polar surface area (TPSA) is 63.2 Å². The van der Waals surface area contributed by atoms with Gasteiger partial charge < -0.3 is 23.7 Å². The third kappa shape index (κ3) is 2.13. The van der Waals surface area contributed by atoms with Gasteiger partial charge in [0.15, 0.2) is 11.5 Å².